The van der Waals surface area contributed by atoms with E-state index in [4.69, 9.17) is 4.42 Å². The number of benzene rings is 10. The number of halogens is 11. The molecule has 139 heavy (non-hydrogen) atoms. The van der Waals surface area contributed by atoms with Crippen LogP contribution in [0, 0.1) is 77.6 Å². The second kappa shape index (κ2) is 39.1. The number of fused-ring (bicyclic) bond motifs is 4. The largest absolute Gasteiger partial charge is 0.442 e. The second-order valence-electron chi connectivity index (χ2n) is 32.5. The number of anilines is 4. The topological polar surface area (TPSA) is 237 Å². The van der Waals surface area contributed by atoms with Crippen LogP contribution in [-0.4, -0.2) is 76.1 Å². The minimum atomic E-state index is -4.76. The van der Waals surface area contributed by atoms with Crippen LogP contribution in [-0.2, 0) is 12.4 Å². The summed E-state index contributed by atoms with van der Waals surface area (Å²) < 4.78 is 168. The molecule has 692 valence electrons. The Morgan fingerprint density at radius 1 is 0.324 bits per heavy atom. The fourth-order valence-electron chi connectivity index (χ4n) is 16.0. The third kappa shape index (κ3) is 19.7. The first-order valence-electron chi connectivity index (χ1n) is 43.1. The normalized spacial score (nSPS) is 11.4. The number of amides is 4. The summed E-state index contributed by atoms with van der Waals surface area (Å²) in [7, 11) is 0. The second-order valence-corrected chi connectivity index (χ2v) is 32.5. The van der Waals surface area contributed by atoms with Crippen LogP contribution >= 0.6 is 0 Å². The average molecular weight is 1870 g/mol. The summed E-state index contributed by atoms with van der Waals surface area (Å²) >= 11 is 0. The fourth-order valence-corrected chi connectivity index (χ4v) is 16.0. The zero-order valence-electron chi connectivity index (χ0n) is 74.7. The van der Waals surface area contributed by atoms with E-state index in [-0.39, 0.29) is 39.8 Å². The third-order valence-electron chi connectivity index (χ3n) is 23.0. The van der Waals surface area contributed by atoms with E-state index in [0.717, 1.165) is 74.4 Å². The minimum Gasteiger partial charge on any atom is -0.442 e. The molecule has 20 aromatic rings. The maximum atomic E-state index is 15.8. The van der Waals surface area contributed by atoms with Crippen LogP contribution in [0.25, 0.3) is 113 Å². The molecule has 0 bridgehead atoms. The number of nitrogens with one attached hydrogen (secondary N) is 4. The van der Waals surface area contributed by atoms with Crippen LogP contribution in [0.15, 0.2) is 327 Å². The van der Waals surface area contributed by atoms with Gasteiger partial charge in [0.05, 0.1) is 91.5 Å². The van der Waals surface area contributed by atoms with Gasteiger partial charge in [0, 0.05) is 93.3 Å². The molecule has 0 atom stereocenters. The van der Waals surface area contributed by atoms with Gasteiger partial charge in [-0.3, -0.25) is 36.8 Å². The first-order chi connectivity index (χ1) is 66.8. The summed E-state index contributed by atoms with van der Waals surface area (Å²) in [5.41, 5.74) is 12.3. The zero-order chi connectivity index (χ0) is 97.8. The predicted octanol–water partition coefficient (Wildman–Crippen LogP) is 26.4. The Morgan fingerprint density at radius 2 is 0.712 bits per heavy atom. The first kappa shape index (κ1) is 93.2. The van der Waals surface area contributed by atoms with Gasteiger partial charge in [-0.25, -0.2) is 56.8 Å². The van der Waals surface area contributed by atoms with Crippen LogP contribution in [0.2, 0.25) is 0 Å². The number of alkyl halides is 6. The lowest BCUT2D eigenvalue weighted by atomic mass is 9.97. The van der Waals surface area contributed by atoms with E-state index in [1.807, 2.05) is 112 Å². The highest BCUT2D eigenvalue weighted by Gasteiger charge is 2.38. The van der Waals surface area contributed by atoms with Gasteiger partial charge in [0.15, 0.2) is 34.9 Å². The number of carbonyl (C=O) groups excluding carboxylic acids is 4. The van der Waals surface area contributed by atoms with Crippen molar-refractivity contribution in [3.05, 3.63) is 425 Å². The first-order valence-corrected chi connectivity index (χ1v) is 43.1. The lowest BCUT2D eigenvalue weighted by Gasteiger charge is -2.15. The number of hydrogen-bond donors (Lipinski definition) is 4. The Labute approximate surface area is 786 Å². The van der Waals surface area contributed by atoms with Gasteiger partial charge in [0.1, 0.15) is 23.7 Å². The number of aromatic nitrogens is 11. The summed E-state index contributed by atoms with van der Waals surface area (Å²) in [6.07, 6.45) is 8.67. The number of imidazole rings is 4. The van der Waals surface area contributed by atoms with E-state index in [1.54, 1.807) is 192 Å². The van der Waals surface area contributed by atoms with E-state index >= 15 is 4.39 Å². The molecular formula is C108H78F11N15O5. The van der Waals surface area contributed by atoms with Crippen molar-refractivity contribution in [3.63, 3.8) is 0 Å². The van der Waals surface area contributed by atoms with Crippen molar-refractivity contribution in [1.29, 1.82) is 0 Å². The standard InChI is InChI=1S/C29H20F5N3O.C28H20F3N3O.C26H18F3N5O.C25H20N4O2/c1-16-8-11-19(12-9-16)36-28(38)22-15-18(10-13-23(22)29(32,33)34)20-6-4-14-37-26(20)17(2)35-27(37)21-5-3-7-24(30)25(21)31;1-16-8-11-18(12-9-16)33-28(35)24-17(2)10-13-20(26(24)31)19-6-4-14-34-23(19)15-32-27(34)21-5-3-7-22(29)25(21)30;1-16-5-8-18(9-6-16)33-25(35)20-14-17(7-10-21(20)26(27,28)29)19-4-2-13-34-22(19)15-32-24(34)23-30-11-3-12-31-23;1-16-5-9-19(10-6-16)28-24(30)21-14-18(8-7-17(21)2)20-4-3-12-29-22(20)15-27-23(29)25-26-11-13-31-25/h3-15H,1-2H3,(H,36,38);3-15H,1-2H3,(H,33,35);2-15H,1H3,(H,33,35);3-15H,1-2H3,(H,28,30). The monoisotopic (exact) mass is 1870 g/mol. The van der Waals surface area contributed by atoms with Crippen molar-refractivity contribution >= 4 is 68.4 Å². The molecule has 20 rings (SSSR count). The lowest BCUT2D eigenvalue weighted by molar-refractivity contribution is -0.138. The summed E-state index contributed by atoms with van der Waals surface area (Å²) in [6, 6.07) is 68.0. The molecule has 0 spiro atoms. The lowest BCUT2D eigenvalue weighted by Crippen LogP contribution is -2.19. The van der Waals surface area contributed by atoms with Crippen molar-refractivity contribution in [1.82, 2.24) is 52.5 Å². The molecule has 10 aromatic carbocycles. The number of carbonyl (C=O) groups is 4. The van der Waals surface area contributed by atoms with Gasteiger partial charge in [-0.2, -0.15) is 26.3 Å². The highest BCUT2D eigenvalue weighted by molar-refractivity contribution is 6.09. The Hall–Kier alpha value is -17.6. The highest BCUT2D eigenvalue weighted by atomic mass is 19.4. The molecule has 4 N–H and O–H groups in total. The van der Waals surface area contributed by atoms with Crippen LogP contribution in [0.5, 0.6) is 0 Å². The maximum absolute atomic E-state index is 15.8. The van der Waals surface area contributed by atoms with Gasteiger partial charge in [-0.15, -0.1) is 0 Å². The van der Waals surface area contributed by atoms with Gasteiger partial charge in [0.25, 0.3) is 29.5 Å². The number of oxazole rings is 1. The van der Waals surface area contributed by atoms with Crippen LogP contribution in [0.4, 0.5) is 71.0 Å². The Morgan fingerprint density at radius 3 is 1.19 bits per heavy atom. The number of nitrogens with zero attached hydrogens (tertiary/aromatic N) is 11. The molecule has 4 amide bonds. The Kier molecular flexibility index (Phi) is 26.2. The quantitative estimate of drug-likeness (QED) is 0.0661. The van der Waals surface area contributed by atoms with E-state index in [0.29, 0.717) is 102 Å². The molecule has 0 aliphatic rings. The van der Waals surface area contributed by atoms with Crippen LogP contribution < -0.4 is 21.3 Å². The number of rotatable bonds is 16. The molecule has 0 saturated heterocycles. The molecule has 0 radical (unpaired) electrons. The van der Waals surface area contributed by atoms with Gasteiger partial charge >= 0.3 is 12.4 Å². The highest BCUT2D eigenvalue weighted by Crippen LogP contribution is 2.42. The Balaban J connectivity index is 0.000000128. The number of hydrogen-bond acceptors (Lipinski definition) is 12. The summed E-state index contributed by atoms with van der Waals surface area (Å²) in [5.74, 6) is -4.90. The molecule has 10 aromatic heterocycles. The molecule has 0 saturated carbocycles. The maximum Gasteiger partial charge on any atom is 0.417 e. The molecule has 31 heteroatoms. The SMILES string of the molecule is Cc1ccc(NC(=O)c2c(C)ccc(-c3cccn4c(-c5cccc(F)c5F)ncc34)c2F)cc1.Cc1ccc(NC(=O)c2cc(-c3cccn4c(-c5cccc(F)c5F)nc(C)c34)ccc2C(F)(F)F)cc1.Cc1ccc(NC(=O)c2cc(-c3cccn4c(-c5ncccn5)ncc34)ccc2C(F)(F)F)cc1.Cc1ccc(NC(=O)c2cc(-c3cccn4c(-c5ncco5)ncc34)ccc2C)cc1. The van der Waals surface area contributed by atoms with Crippen molar-refractivity contribution in [2.45, 2.75) is 60.8 Å². The van der Waals surface area contributed by atoms with Crippen LogP contribution in [0.1, 0.15) is 91.6 Å². The number of aryl methyl sites for hydroxylation is 7. The van der Waals surface area contributed by atoms with E-state index in [1.165, 1.54) is 61.0 Å². The number of pyridine rings is 4. The van der Waals surface area contributed by atoms with Gasteiger partial charge < -0.3 is 25.7 Å². The Bertz CT molecular complexity index is 8080. The van der Waals surface area contributed by atoms with Crippen molar-refractivity contribution in [3.8, 4) is 90.6 Å². The van der Waals surface area contributed by atoms with Crippen molar-refractivity contribution < 1.29 is 71.9 Å². The van der Waals surface area contributed by atoms with Gasteiger partial charge in [0.2, 0.25) is 5.82 Å². The van der Waals surface area contributed by atoms with Gasteiger partial charge in [-0.05, 0) is 210 Å². The van der Waals surface area contributed by atoms with Crippen LogP contribution in [0.3, 0.4) is 0 Å². The van der Waals surface area contributed by atoms with E-state index in [9.17, 15) is 63.1 Å². The van der Waals surface area contributed by atoms with E-state index < -0.39 is 81.4 Å². The van der Waals surface area contributed by atoms with E-state index in [2.05, 4.69) is 56.2 Å². The van der Waals surface area contributed by atoms with Crippen molar-refractivity contribution in [2.24, 2.45) is 0 Å². The molecule has 10 heterocycles. The minimum absolute atomic E-state index is 0.00954. The average Bonchev–Trinajstić information content (AvgIpc) is 1.59. The summed E-state index contributed by atoms with van der Waals surface area (Å²) in [4.78, 5) is 82.2. The molecule has 0 unspecified atom stereocenters. The molecular weight excluding hydrogens is 1800 g/mol. The van der Waals surface area contributed by atoms with Crippen molar-refractivity contribution in [2.75, 3.05) is 21.3 Å². The zero-order valence-corrected chi connectivity index (χ0v) is 74.7. The smallest absolute Gasteiger partial charge is 0.417 e. The molecule has 0 aliphatic heterocycles. The molecule has 0 aliphatic carbocycles. The summed E-state index contributed by atoms with van der Waals surface area (Å²) in [5, 5.41) is 10.8. The predicted molar refractivity (Wildman–Crippen MR) is 510 cm³/mol. The van der Waals surface area contributed by atoms with Gasteiger partial charge in [-0.1, -0.05) is 144 Å². The fraction of sp³-hybridized carbons (Fsp3) is 0.0833. The third-order valence-corrected chi connectivity index (χ3v) is 23.0. The summed E-state index contributed by atoms with van der Waals surface area (Å²) in [6.45, 7) is 12.9. The molecule has 20 nitrogen and oxygen atoms in total. The molecule has 0 fully saturated rings.